The van der Waals surface area contributed by atoms with Gasteiger partial charge in [0.15, 0.2) is 11.6 Å². The molecule has 1 fully saturated rings. The van der Waals surface area contributed by atoms with Crippen molar-refractivity contribution in [1.82, 2.24) is 0 Å². The summed E-state index contributed by atoms with van der Waals surface area (Å²) in [5.41, 5.74) is -0.374. The second-order valence-corrected chi connectivity index (χ2v) is 5.92. The second kappa shape index (κ2) is 5.26. The van der Waals surface area contributed by atoms with Crippen molar-refractivity contribution in [2.24, 2.45) is 0 Å². The van der Waals surface area contributed by atoms with E-state index in [0.717, 1.165) is 31.7 Å². The molecule has 0 unspecified atom stereocenters. The zero-order chi connectivity index (χ0) is 16.0. The highest BCUT2D eigenvalue weighted by atomic mass is 19.1. The molecule has 0 saturated heterocycles. The van der Waals surface area contributed by atoms with Gasteiger partial charge in [-0.2, -0.15) is 0 Å². The zero-order valence-corrected chi connectivity index (χ0v) is 12.3. The Labute approximate surface area is 131 Å². The van der Waals surface area contributed by atoms with Gasteiger partial charge in [-0.05, 0) is 49.9 Å². The highest BCUT2D eigenvalue weighted by Crippen LogP contribution is 2.31. The molecule has 4 rings (SSSR count). The first-order valence-corrected chi connectivity index (χ1v) is 7.67. The predicted octanol–water partition coefficient (Wildman–Crippen LogP) is 4.11. The number of fused-ring (bicyclic) bond motifs is 3. The monoisotopic (exact) mass is 314 g/mol. The largest absolute Gasteiger partial charge is 0.505 e. The third kappa shape index (κ3) is 2.42. The lowest BCUT2D eigenvalue weighted by atomic mass is 10.1. The maximum absolute atomic E-state index is 13.6. The summed E-state index contributed by atoms with van der Waals surface area (Å²) < 4.78 is 24.7. The first kappa shape index (κ1) is 14.1. The quantitative estimate of drug-likeness (QED) is 0.571. The normalized spacial score (nSPS) is 15.5. The Hall–Kier alpha value is -2.56. The highest BCUT2D eigenvalue weighted by molar-refractivity contribution is 6.04. The molecule has 118 valence electrons. The molecule has 0 atom stereocenters. The number of hydrogen-bond donors (Lipinski definition) is 1. The molecule has 3 aromatic rings. The summed E-state index contributed by atoms with van der Waals surface area (Å²) in [6.45, 7) is 0. The predicted molar refractivity (Wildman–Crippen MR) is 84.5 cm³/mol. The van der Waals surface area contributed by atoms with Gasteiger partial charge >= 0.3 is 5.63 Å². The summed E-state index contributed by atoms with van der Waals surface area (Å²) in [6, 6.07) is 7.45. The minimum absolute atomic E-state index is 0.158. The van der Waals surface area contributed by atoms with Crippen molar-refractivity contribution in [3.05, 3.63) is 46.6 Å². The van der Waals surface area contributed by atoms with E-state index in [1.165, 1.54) is 6.07 Å². The Balaban J connectivity index is 1.88. The molecule has 0 bridgehead atoms. The average Bonchev–Trinajstić information content (AvgIpc) is 3.03. The molecule has 1 aliphatic carbocycles. The molecule has 5 heteroatoms. The van der Waals surface area contributed by atoms with E-state index in [9.17, 15) is 14.3 Å². The lowest BCUT2D eigenvalue weighted by molar-refractivity contribution is 0.210. The van der Waals surface area contributed by atoms with E-state index < -0.39 is 17.2 Å². The smallest absolute Gasteiger partial charge is 0.344 e. The van der Waals surface area contributed by atoms with Crippen LogP contribution in [0.25, 0.3) is 21.7 Å². The SMILES string of the molecule is O=c1oc2cc(O)c(F)cc2c2ccc(OC3CCCC3)cc12. The van der Waals surface area contributed by atoms with Crippen LogP contribution in [-0.4, -0.2) is 11.2 Å². The fourth-order valence-corrected chi connectivity index (χ4v) is 3.19. The van der Waals surface area contributed by atoms with Crippen molar-refractivity contribution < 1.29 is 18.7 Å². The summed E-state index contributed by atoms with van der Waals surface area (Å²) in [7, 11) is 0. The van der Waals surface area contributed by atoms with Crippen LogP contribution in [0.4, 0.5) is 4.39 Å². The van der Waals surface area contributed by atoms with Gasteiger partial charge in [-0.1, -0.05) is 0 Å². The molecule has 1 aliphatic rings. The minimum Gasteiger partial charge on any atom is -0.505 e. The first-order chi connectivity index (χ1) is 11.1. The summed E-state index contributed by atoms with van der Waals surface area (Å²) in [4.78, 5) is 12.2. The van der Waals surface area contributed by atoms with Gasteiger partial charge < -0.3 is 14.3 Å². The maximum atomic E-state index is 13.6. The molecule has 0 amide bonds. The van der Waals surface area contributed by atoms with E-state index in [-0.39, 0.29) is 11.7 Å². The Morgan fingerprint density at radius 3 is 2.65 bits per heavy atom. The van der Waals surface area contributed by atoms with Crippen LogP contribution in [0.2, 0.25) is 0 Å². The molecular weight excluding hydrogens is 299 g/mol. The molecule has 23 heavy (non-hydrogen) atoms. The lowest BCUT2D eigenvalue weighted by Gasteiger charge is -2.13. The molecule has 0 spiro atoms. The summed E-state index contributed by atoms with van der Waals surface area (Å²) in [6.07, 6.45) is 4.56. The average molecular weight is 314 g/mol. The molecule has 1 saturated carbocycles. The van der Waals surface area contributed by atoms with Crippen molar-refractivity contribution >= 4 is 21.7 Å². The van der Waals surface area contributed by atoms with Gasteiger partial charge in [-0.15, -0.1) is 0 Å². The Morgan fingerprint density at radius 1 is 1.09 bits per heavy atom. The van der Waals surface area contributed by atoms with Gasteiger partial charge in [-0.3, -0.25) is 0 Å². The third-order valence-corrected chi connectivity index (χ3v) is 4.36. The van der Waals surface area contributed by atoms with Crippen molar-refractivity contribution in [2.75, 3.05) is 0 Å². The number of hydrogen-bond acceptors (Lipinski definition) is 4. The summed E-state index contributed by atoms with van der Waals surface area (Å²) in [5.74, 6) is -0.671. The molecule has 1 N–H and O–H groups in total. The molecule has 0 radical (unpaired) electrons. The van der Waals surface area contributed by atoms with Crippen LogP contribution in [0.3, 0.4) is 0 Å². The first-order valence-electron chi connectivity index (χ1n) is 7.67. The second-order valence-electron chi connectivity index (χ2n) is 5.92. The standard InChI is InChI=1S/C18H15FO4/c19-15-8-13-12-6-5-11(22-10-3-1-2-4-10)7-14(12)18(21)23-17(13)9-16(15)20/h5-10,20H,1-4H2. The molecule has 1 heterocycles. The summed E-state index contributed by atoms with van der Waals surface area (Å²) >= 11 is 0. The number of phenolic OH excluding ortho intramolecular Hbond substituents is 1. The minimum atomic E-state index is -0.751. The molecule has 0 aliphatic heterocycles. The van der Waals surface area contributed by atoms with E-state index >= 15 is 0 Å². The Bertz CT molecular complexity index is 955. The number of aromatic hydroxyl groups is 1. The highest BCUT2D eigenvalue weighted by Gasteiger charge is 2.17. The fraction of sp³-hybridized carbons (Fsp3) is 0.278. The van der Waals surface area contributed by atoms with Crippen LogP contribution in [0.5, 0.6) is 11.5 Å². The maximum Gasteiger partial charge on any atom is 0.344 e. The van der Waals surface area contributed by atoms with Crippen LogP contribution in [-0.2, 0) is 0 Å². The topological polar surface area (TPSA) is 59.7 Å². The molecular formula is C18H15FO4. The van der Waals surface area contributed by atoms with Crippen molar-refractivity contribution in [2.45, 2.75) is 31.8 Å². The van der Waals surface area contributed by atoms with Gasteiger partial charge in [0.1, 0.15) is 11.3 Å². The van der Waals surface area contributed by atoms with E-state index in [1.54, 1.807) is 18.2 Å². The van der Waals surface area contributed by atoms with E-state index in [4.69, 9.17) is 9.15 Å². The van der Waals surface area contributed by atoms with Crippen LogP contribution in [0, 0.1) is 5.82 Å². The zero-order valence-electron chi connectivity index (χ0n) is 12.3. The Morgan fingerprint density at radius 2 is 1.87 bits per heavy atom. The van der Waals surface area contributed by atoms with E-state index in [1.807, 2.05) is 0 Å². The van der Waals surface area contributed by atoms with Crippen LogP contribution in [0.15, 0.2) is 39.5 Å². The van der Waals surface area contributed by atoms with Crippen molar-refractivity contribution in [3.8, 4) is 11.5 Å². The van der Waals surface area contributed by atoms with Crippen molar-refractivity contribution in [1.29, 1.82) is 0 Å². The number of rotatable bonds is 2. The third-order valence-electron chi connectivity index (χ3n) is 4.36. The molecule has 2 aromatic carbocycles. The number of phenols is 1. The van der Waals surface area contributed by atoms with Gasteiger partial charge in [0.05, 0.1) is 11.5 Å². The van der Waals surface area contributed by atoms with Gasteiger partial charge in [0, 0.05) is 16.8 Å². The number of halogens is 1. The molecule has 4 nitrogen and oxygen atoms in total. The van der Waals surface area contributed by atoms with Gasteiger partial charge in [-0.25, -0.2) is 9.18 Å². The number of benzene rings is 2. The molecule has 1 aromatic heterocycles. The fourth-order valence-electron chi connectivity index (χ4n) is 3.19. The number of ether oxygens (including phenoxy) is 1. The van der Waals surface area contributed by atoms with Crippen LogP contribution >= 0.6 is 0 Å². The van der Waals surface area contributed by atoms with Crippen LogP contribution < -0.4 is 10.4 Å². The van der Waals surface area contributed by atoms with Crippen LogP contribution in [0.1, 0.15) is 25.7 Å². The van der Waals surface area contributed by atoms with E-state index in [2.05, 4.69) is 0 Å². The van der Waals surface area contributed by atoms with E-state index in [0.29, 0.717) is 21.9 Å². The van der Waals surface area contributed by atoms with Crippen molar-refractivity contribution in [3.63, 3.8) is 0 Å². The van der Waals surface area contributed by atoms with Gasteiger partial charge in [0.2, 0.25) is 0 Å². The lowest BCUT2D eigenvalue weighted by Crippen LogP contribution is -2.11. The Kier molecular flexibility index (Phi) is 3.22. The van der Waals surface area contributed by atoms with Gasteiger partial charge in [0.25, 0.3) is 0 Å². The summed E-state index contributed by atoms with van der Waals surface area (Å²) in [5, 5.41) is 10.8.